The number of para-hydroxylation sites is 2. The maximum atomic E-state index is 13.0. The van der Waals surface area contributed by atoms with Crippen LogP contribution in [0, 0.1) is 6.92 Å². The lowest BCUT2D eigenvalue weighted by atomic mass is 10.2. The molecule has 3 rings (SSSR count). The Balaban J connectivity index is 2.07. The number of hydrogen-bond donors (Lipinski definition) is 1. The van der Waals surface area contributed by atoms with Crippen LogP contribution in [0.1, 0.15) is 12.1 Å². The van der Waals surface area contributed by atoms with Gasteiger partial charge in [0.15, 0.2) is 0 Å². The van der Waals surface area contributed by atoms with Gasteiger partial charge in [0.1, 0.15) is 5.82 Å². The van der Waals surface area contributed by atoms with E-state index in [0.29, 0.717) is 23.7 Å². The van der Waals surface area contributed by atoms with Crippen molar-refractivity contribution in [3.63, 3.8) is 0 Å². The third-order valence-corrected chi connectivity index (χ3v) is 5.53. The van der Waals surface area contributed by atoms with Crippen LogP contribution in [0.2, 0.25) is 0 Å². The van der Waals surface area contributed by atoms with Crippen molar-refractivity contribution in [2.45, 2.75) is 13.3 Å². The predicted molar refractivity (Wildman–Crippen MR) is 92.4 cm³/mol. The van der Waals surface area contributed by atoms with Crippen LogP contribution < -0.4 is 13.9 Å². The Labute approximate surface area is 136 Å². The zero-order valence-corrected chi connectivity index (χ0v) is 14.0. The van der Waals surface area contributed by atoms with Gasteiger partial charge in [-0.1, -0.05) is 18.2 Å². The SMILES string of the molecule is CNCCCN1c2ccccc2N(c2cccc(C)n2)S1(=O)=O. The summed E-state index contributed by atoms with van der Waals surface area (Å²) in [5.41, 5.74) is 2.13. The molecule has 2 heterocycles. The third kappa shape index (κ3) is 2.77. The lowest BCUT2D eigenvalue weighted by molar-refractivity contribution is 0.591. The number of nitrogens with zero attached hydrogens (tertiary/aromatic N) is 3. The Bertz CT molecular complexity index is 807. The molecule has 1 aliphatic heterocycles. The molecule has 23 heavy (non-hydrogen) atoms. The molecule has 0 bridgehead atoms. The summed E-state index contributed by atoms with van der Waals surface area (Å²) >= 11 is 0. The van der Waals surface area contributed by atoms with Gasteiger partial charge in [0.25, 0.3) is 0 Å². The molecule has 0 unspecified atom stereocenters. The average molecular weight is 332 g/mol. The number of anilines is 3. The summed E-state index contributed by atoms with van der Waals surface area (Å²) in [6.07, 6.45) is 0.735. The highest BCUT2D eigenvalue weighted by molar-refractivity contribution is 7.95. The summed E-state index contributed by atoms with van der Waals surface area (Å²) in [6.45, 7) is 3.04. The molecule has 6 nitrogen and oxygen atoms in total. The lowest BCUT2D eigenvalue weighted by Crippen LogP contribution is -2.37. The first-order valence-corrected chi connectivity index (χ1v) is 8.95. The highest BCUT2D eigenvalue weighted by atomic mass is 32.2. The highest BCUT2D eigenvalue weighted by Crippen LogP contribution is 2.44. The van der Waals surface area contributed by atoms with Crippen molar-refractivity contribution in [3.8, 4) is 0 Å². The van der Waals surface area contributed by atoms with Crippen molar-refractivity contribution in [3.05, 3.63) is 48.2 Å². The van der Waals surface area contributed by atoms with Crippen LogP contribution in [0.5, 0.6) is 0 Å². The molecule has 1 aromatic carbocycles. The molecular formula is C16H20N4O2S. The molecule has 0 spiro atoms. The number of rotatable bonds is 5. The second kappa shape index (κ2) is 6.17. The monoisotopic (exact) mass is 332 g/mol. The fourth-order valence-electron chi connectivity index (χ4n) is 2.71. The first-order chi connectivity index (χ1) is 11.1. The predicted octanol–water partition coefficient (Wildman–Crippen LogP) is 2.20. The zero-order chi connectivity index (χ0) is 16.4. The number of hydrogen-bond acceptors (Lipinski definition) is 4. The van der Waals surface area contributed by atoms with E-state index in [0.717, 1.165) is 18.7 Å². The topological polar surface area (TPSA) is 65.5 Å². The Hall–Kier alpha value is -2.12. The summed E-state index contributed by atoms with van der Waals surface area (Å²) in [7, 11) is -1.80. The molecule has 0 amide bonds. The molecule has 1 aromatic heterocycles. The van der Waals surface area contributed by atoms with Gasteiger partial charge in [0.05, 0.1) is 11.4 Å². The minimum absolute atomic E-state index is 0.425. The Morgan fingerprint density at radius 2 is 1.83 bits per heavy atom. The molecule has 7 heteroatoms. The molecule has 0 saturated heterocycles. The first-order valence-electron chi connectivity index (χ1n) is 7.56. The van der Waals surface area contributed by atoms with Crippen LogP contribution in [-0.2, 0) is 10.2 Å². The number of pyridine rings is 1. The molecule has 1 aliphatic rings. The van der Waals surface area contributed by atoms with Crippen molar-refractivity contribution in [1.29, 1.82) is 0 Å². The molecule has 0 aliphatic carbocycles. The van der Waals surface area contributed by atoms with E-state index in [1.165, 1.54) is 8.61 Å². The number of benzene rings is 1. The van der Waals surface area contributed by atoms with Gasteiger partial charge < -0.3 is 5.32 Å². The Morgan fingerprint density at radius 3 is 2.52 bits per heavy atom. The minimum Gasteiger partial charge on any atom is -0.320 e. The number of aryl methyl sites for hydroxylation is 1. The van der Waals surface area contributed by atoms with E-state index in [9.17, 15) is 8.42 Å². The molecule has 2 aromatic rings. The summed E-state index contributed by atoms with van der Waals surface area (Å²) in [5.74, 6) is 0.425. The van der Waals surface area contributed by atoms with Gasteiger partial charge in [0.2, 0.25) is 0 Å². The largest absolute Gasteiger partial charge is 0.332 e. The maximum absolute atomic E-state index is 13.0. The van der Waals surface area contributed by atoms with Crippen LogP contribution in [0.4, 0.5) is 17.2 Å². The van der Waals surface area contributed by atoms with E-state index >= 15 is 0 Å². The highest BCUT2D eigenvalue weighted by Gasteiger charge is 2.41. The second-order valence-electron chi connectivity index (χ2n) is 5.43. The van der Waals surface area contributed by atoms with Gasteiger partial charge in [-0.3, -0.25) is 4.31 Å². The maximum Gasteiger partial charge on any atom is 0.332 e. The van der Waals surface area contributed by atoms with Gasteiger partial charge in [-0.2, -0.15) is 8.42 Å². The summed E-state index contributed by atoms with van der Waals surface area (Å²) in [6, 6.07) is 12.7. The summed E-state index contributed by atoms with van der Waals surface area (Å²) < 4.78 is 28.9. The van der Waals surface area contributed by atoms with E-state index in [-0.39, 0.29) is 0 Å². The molecule has 0 radical (unpaired) electrons. The smallest absolute Gasteiger partial charge is 0.320 e. The number of fused-ring (bicyclic) bond motifs is 1. The molecule has 0 saturated carbocycles. The minimum atomic E-state index is -3.66. The van der Waals surface area contributed by atoms with Gasteiger partial charge in [-0.25, -0.2) is 9.29 Å². The molecule has 0 fully saturated rings. The lowest BCUT2D eigenvalue weighted by Gasteiger charge is -2.21. The van der Waals surface area contributed by atoms with Gasteiger partial charge >= 0.3 is 10.2 Å². The van der Waals surface area contributed by atoms with Crippen LogP contribution in [0.15, 0.2) is 42.5 Å². The van der Waals surface area contributed by atoms with Crippen molar-refractivity contribution < 1.29 is 8.42 Å². The summed E-state index contributed by atoms with van der Waals surface area (Å²) in [5, 5.41) is 3.05. The fraction of sp³-hybridized carbons (Fsp3) is 0.312. The standard InChI is InChI=1S/C16H20N4O2S/c1-13-7-5-10-16(18-13)20-15-9-4-3-8-14(15)19(23(20,21)22)12-6-11-17-2/h3-5,7-10,17H,6,11-12H2,1-2H3. The average Bonchev–Trinajstić information content (AvgIpc) is 2.74. The van der Waals surface area contributed by atoms with Crippen molar-refractivity contribution in [2.75, 3.05) is 28.7 Å². The van der Waals surface area contributed by atoms with Crippen LogP contribution in [-0.4, -0.2) is 33.5 Å². The Morgan fingerprint density at radius 1 is 1.09 bits per heavy atom. The molecular weight excluding hydrogens is 312 g/mol. The molecule has 122 valence electrons. The van der Waals surface area contributed by atoms with Crippen molar-refractivity contribution in [2.24, 2.45) is 0 Å². The van der Waals surface area contributed by atoms with Crippen molar-refractivity contribution in [1.82, 2.24) is 10.3 Å². The van der Waals surface area contributed by atoms with Gasteiger partial charge in [-0.05, 0) is 51.2 Å². The van der Waals surface area contributed by atoms with Crippen molar-refractivity contribution >= 4 is 27.4 Å². The summed E-state index contributed by atoms with van der Waals surface area (Å²) in [4.78, 5) is 4.39. The van der Waals surface area contributed by atoms with E-state index in [2.05, 4.69) is 10.3 Å². The first kappa shape index (κ1) is 15.8. The van der Waals surface area contributed by atoms with Crippen LogP contribution in [0.25, 0.3) is 0 Å². The van der Waals surface area contributed by atoms with E-state index < -0.39 is 10.2 Å². The van der Waals surface area contributed by atoms with E-state index in [4.69, 9.17) is 0 Å². The molecule has 0 atom stereocenters. The Kier molecular flexibility index (Phi) is 4.23. The molecule has 1 N–H and O–H groups in total. The second-order valence-corrected chi connectivity index (χ2v) is 7.13. The number of nitrogens with one attached hydrogen (secondary N) is 1. The number of aromatic nitrogens is 1. The van der Waals surface area contributed by atoms with Crippen LogP contribution >= 0.6 is 0 Å². The van der Waals surface area contributed by atoms with Crippen LogP contribution in [0.3, 0.4) is 0 Å². The quantitative estimate of drug-likeness (QED) is 0.853. The third-order valence-electron chi connectivity index (χ3n) is 3.75. The van der Waals surface area contributed by atoms with Gasteiger partial charge in [-0.15, -0.1) is 0 Å². The van der Waals surface area contributed by atoms with E-state index in [1.54, 1.807) is 6.07 Å². The van der Waals surface area contributed by atoms with E-state index in [1.807, 2.05) is 50.4 Å². The normalized spacial score (nSPS) is 15.7. The fourth-order valence-corrected chi connectivity index (χ4v) is 4.41. The van der Waals surface area contributed by atoms with Gasteiger partial charge in [0, 0.05) is 12.2 Å². The zero-order valence-electron chi connectivity index (χ0n) is 13.2.